The van der Waals surface area contributed by atoms with Gasteiger partial charge in [-0.25, -0.2) is 8.42 Å². The predicted molar refractivity (Wildman–Crippen MR) is 75.7 cm³/mol. The van der Waals surface area contributed by atoms with Gasteiger partial charge in [-0.1, -0.05) is 6.92 Å². The maximum absolute atomic E-state index is 12.5. The average Bonchev–Trinajstić information content (AvgIpc) is 3.24. The van der Waals surface area contributed by atoms with Crippen LogP contribution in [0.3, 0.4) is 0 Å². The Balaban J connectivity index is 1.52. The predicted octanol–water partition coefficient (Wildman–Crippen LogP) is 2.86. The molecule has 20 heavy (non-hydrogen) atoms. The largest absolute Gasteiger partial charge is 0.464 e. The SMILES string of the molecule is C[C@H]1C[C@@H]1c1ccc(CN(C2CC2)S(=O)(=O)C2CC2)o1. The van der Waals surface area contributed by atoms with Crippen molar-refractivity contribution in [3.8, 4) is 0 Å². The fourth-order valence-electron chi connectivity index (χ4n) is 2.90. The highest BCUT2D eigenvalue weighted by Gasteiger charge is 2.46. The molecule has 3 fully saturated rings. The molecule has 0 N–H and O–H groups in total. The van der Waals surface area contributed by atoms with Crippen molar-refractivity contribution < 1.29 is 12.8 Å². The summed E-state index contributed by atoms with van der Waals surface area (Å²) in [4.78, 5) is 0. The van der Waals surface area contributed by atoms with Crippen molar-refractivity contribution in [2.24, 2.45) is 5.92 Å². The van der Waals surface area contributed by atoms with E-state index >= 15 is 0 Å². The summed E-state index contributed by atoms with van der Waals surface area (Å²) in [5, 5.41) is -0.124. The molecule has 3 aliphatic rings. The molecule has 4 rings (SSSR count). The van der Waals surface area contributed by atoms with Gasteiger partial charge in [0.1, 0.15) is 11.5 Å². The van der Waals surface area contributed by atoms with Crippen molar-refractivity contribution >= 4 is 10.0 Å². The minimum absolute atomic E-state index is 0.124. The van der Waals surface area contributed by atoms with Crippen LogP contribution in [0, 0.1) is 5.92 Å². The number of sulfonamides is 1. The molecule has 0 amide bonds. The fraction of sp³-hybridized carbons (Fsp3) is 0.733. The smallest absolute Gasteiger partial charge is 0.217 e. The molecule has 0 aromatic carbocycles. The van der Waals surface area contributed by atoms with E-state index in [4.69, 9.17) is 4.42 Å². The fourth-order valence-corrected chi connectivity index (χ4v) is 4.95. The highest BCUT2D eigenvalue weighted by atomic mass is 32.2. The molecule has 1 aromatic heterocycles. The van der Waals surface area contributed by atoms with Gasteiger partial charge in [-0.05, 0) is 50.2 Å². The molecule has 0 bridgehead atoms. The molecule has 3 saturated carbocycles. The van der Waals surface area contributed by atoms with E-state index in [1.165, 1.54) is 6.42 Å². The van der Waals surface area contributed by atoms with Crippen LogP contribution < -0.4 is 0 Å². The Morgan fingerprint density at radius 2 is 1.95 bits per heavy atom. The Hall–Kier alpha value is -0.810. The molecule has 1 aromatic rings. The standard InChI is InChI=1S/C15H21NO3S/c1-10-8-14(10)15-7-4-12(19-15)9-16(11-2-3-11)20(17,18)13-5-6-13/h4,7,10-11,13-14H,2-3,5-6,8-9H2,1H3/t10-,14-/m0/s1. The number of furan rings is 1. The van der Waals surface area contributed by atoms with Gasteiger partial charge in [-0.2, -0.15) is 4.31 Å². The van der Waals surface area contributed by atoms with Crippen LogP contribution in [-0.2, 0) is 16.6 Å². The zero-order valence-corrected chi connectivity index (χ0v) is 12.6. The van der Waals surface area contributed by atoms with Crippen LogP contribution in [0.5, 0.6) is 0 Å². The third-order valence-electron chi connectivity index (χ3n) is 4.70. The van der Waals surface area contributed by atoms with Crippen molar-refractivity contribution in [1.82, 2.24) is 4.31 Å². The second-order valence-electron chi connectivity index (χ2n) is 6.64. The summed E-state index contributed by atoms with van der Waals surface area (Å²) in [7, 11) is -3.10. The van der Waals surface area contributed by atoms with Crippen LogP contribution in [0.2, 0.25) is 0 Å². The lowest BCUT2D eigenvalue weighted by Gasteiger charge is -2.20. The Bertz CT molecular complexity index is 613. The van der Waals surface area contributed by atoms with Gasteiger partial charge < -0.3 is 4.42 Å². The zero-order chi connectivity index (χ0) is 13.9. The first-order valence-electron chi connectivity index (χ1n) is 7.65. The van der Waals surface area contributed by atoms with E-state index in [9.17, 15) is 8.42 Å². The number of hydrogen-bond acceptors (Lipinski definition) is 3. The molecule has 1 heterocycles. The van der Waals surface area contributed by atoms with E-state index in [0.717, 1.165) is 37.2 Å². The first-order chi connectivity index (χ1) is 9.55. The van der Waals surface area contributed by atoms with E-state index in [1.54, 1.807) is 4.31 Å². The van der Waals surface area contributed by atoms with Crippen LogP contribution in [-0.4, -0.2) is 24.0 Å². The third-order valence-corrected chi connectivity index (χ3v) is 7.09. The topological polar surface area (TPSA) is 50.5 Å². The van der Waals surface area contributed by atoms with Crippen LogP contribution in [0.25, 0.3) is 0 Å². The van der Waals surface area contributed by atoms with Crippen LogP contribution >= 0.6 is 0 Å². The highest BCUT2D eigenvalue weighted by Crippen LogP contribution is 2.47. The van der Waals surface area contributed by atoms with E-state index in [0.29, 0.717) is 18.4 Å². The first kappa shape index (κ1) is 12.9. The van der Waals surface area contributed by atoms with Gasteiger partial charge in [0.15, 0.2) is 0 Å². The summed E-state index contributed by atoms with van der Waals surface area (Å²) in [6.07, 6.45) is 4.85. The van der Waals surface area contributed by atoms with Crippen molar-refractivity contribution in [2.75, 3.05) is 0 Å². The summed E-state index contributed by atoms with van der Waals surface area (Å²) in [6, 6.07) is 4.20. The molecule has 0 spiro atoms. The van der Waals surface area contributed by atoms with Gasteiger partial charge in [0.05, 0.1) is 11.8 Å². The summed E-state index contributed by atoms with van der Waals surface area (Å²) in [5.74, 6) is 3.10. The third kappa shape index (κ3) is 2.31. The molecule has 2 atom stereocenters. The Labute approximate surface area is 120 Å². The number of nitrogens with zero attached hydrogens (tertiary/aromatic N) is 1. The first-order valence-corrected chi connectivity index (χ1v) is 9.15. The monoisotopic (exact) mass is 295 g/mol. The molecule has 0 aliphatic heterocycles. The summed E-state index contributed by atoms with van der Waals surface area (Å²) in [6.45, 7) is 2.64. The molecule has 0 saturated heterocycles. The van der Waals surface area contributed by atoms with Gasteiger partial charge in [-0.3, -0.25) is 0 Å². The maximum atomic E-state index is 12.5. The number of hydrogen-bond donors (Lipinski definition) is 0. The Kier molecular flexibility index (Phi) is 2.80. The molecular weight excluding hydrogens is 274 g/mol. The van der Waals surface area contributed by atoms with Crippen LogP contribution in [0.4, 0.5) is 0 Å². The van der Waals surface area contributed by atoms with Crippen molar-refractivity contribution in [1.29, 1.82) is 0 Å². The summed E-state index contributed by atoms with van der Waals surface area (Å²) < 4.78 is 32.5. The zero-order valence-electron chi connectivity index (χ0n) is 11.8. The normalized spacial score (nSPS) is 29.9. The summed E-state index contributed by atoms with van der Waals surface area (Å²) >= 11 is 0. The maximum Gasteiger partial charge on any atom is 0.217 e. The lowest BCUT2D eigenvalue weighted by Crippen LogP contribution is -2.35. The van der Waals surface area contributed by atoms with Gasteiger partial charge in [0.25, 0.3) is 0 Å². The van der Waals surface area contributed by atoms with E-state index in [2.05, 4.69) is 6.92 Å². The lowest BCUT2D eigenvalue weighted by atomic mass is 10.3. The molecule has 0 radical (unpaired) electrons. The van der Waals surface area contributed by atoms with Gasteiger partial charge in [0.2, 0.25) is 10.0 Å². The van der Waals surface area contributed by atoms with Crippen LogP contribution in [0.15, 0.2) is 16.5 Å². The molecule has 5 heteroatoms. The second-order valence-corrected chi connectivity index (χ2v) is 8.81. The Morgan fingerprint density at radius 1 is 1.25 bits per heavy atom. The second kappa shape index (κ2) is 4.34. The van der Waals surface area contributed by atoms with E-state index < -0.39 is 10.0 Å². The molecule has 0 unspecified atom stereocenters. The van der Waals surface area contributed by atoms with E-state index in [1.807, 2.05) is 12.1 Å². The summed E-state index contributed by atoms with van der Waals surface area (Å²) in [5.41, 5.74) is 0. The minimum atomic E-state index is -3.10. The molecule has 3 aliphatic carbocycles. The molecular formula is C15H21NO3S. The quantitative estimate of drug-likeness (QED) is 0.811. The van der Waals surface area contributed by atoms with Gasteiger partial charge in [-0.15, -0.1) is 0 Å². The van der Waals surface area contributed by atoms with Gasteiger partial charge >= 0.3 is 0 Å². The highest BCUT2D eigenvalue weighted by molar-refractivity contribution is 7.90. The van der Waals surface area contributed by atoms with Crippen molar-refractivity contribution in [2.45, 2.75) is 62.8 Å². The van der Waals surface area contributed by atoms with E-state index in [-0.39, 0.29) is 11.3 Å². The lowest BCUT2D eigenvalue weighted by molar-refractivity contribution is 0.347. The molecule has 110 valence electrons. The average molecular weight is 295 g/mol. The van der Waals surface area contributed by atoms with Gasteiger partial charge in [0, 0.05) is 12.0 Å². The van der Waals surface area contributed by atoms with Crippen molar-refractivity contribution in [3.05, 3.63) is 23.7 Å². The van der Waals surface area contributed by atoms with Crippen molar-refractivity contribution in [3.63, 3.8) is 0 Å². The minimum Gasteiger partial charge on any atom is -0.464 e. The number of rotatable bonds is 6. The molecule has 4 nitrogen and oxygen atoms in total. The van der Waals surface area contributed by atoms with Crippen LogP contribution in [0.1, 0.15) is 56.5 Å². The Morgan fingerprint density at radius 3 is 2.50 bits per heavy atom.